The van der Waals surface area contributed by atoms with Crippen LogP contribution in [-0.2, 0) is 37.4 Å². The van der Waals surface area contributed by atoms with Gasteiger partial charge in [0.2, 0.25) is 0 Å². The summed E-state index contributed by atoms with van der Waals surface area (Å²) in [5, 5.41) is 0. The normalized spacial score (nSPS) is 36.5. The van der Waals surface area contributed by atoms with E-state index >= 15 is 0 Å². The minimum atomic E-state index is -4.59. The second-order valence-corrected chi connectivity index (χ2v) is 9.63. The van der Waals surface area contributed by atoms with Crippen LogP contribution in [0.5, 0.6) is 0 Å². The lowest BCUT2D eigenvalue weighted by Gasteiger charge is -2.33. The van der Waals surface area contributed by atoms with Gasteiger partial charge in [-0.25, -0.2) is 4.57 Å². The average molecular weight is 444 g/mol. The summed E-state index contributed by atoms with van der Waals surface area (Å²) in [5.41, 5.74) is -1.60. The van der Waals surface area contributed by atoms with Gasteiger partial charge in [-0.2, -0.15) is 0 Å². The number of Topliss-reactive ketones (excluding diaryl/α,β-unsaturated/α-hetero) is 1. The molecule has 7 unspecified atom stereocenters. The lowest BCUT2D eigenvalue weighted by atomic mass is 9.90. The van der Waals surface area contributed by atoms with Crippen LogP contribution in [0.15, 0.2) is 0 Å². The number of phosphoric acid groups is 1. The molecule has 0 bridgehead atoms. The van der Waals surface area contributed by atoms with Gasteiger partial charge < -0.3 is 23.8 Å². The van der Waals surface area contributed by atoms with Crippen LogP contribution < -0.4 is 0 Å². The SMILES string of the molecule is [B]C1CC(OC(C)C)C(COP(=O)(O)OC2CC([B])OC2(COC(C)C)C(C)=O)O1. The summed E-state index contributed by atoms with van der Waals surface area (Å²) in [6, 6.07) is -1.41. The molecule has 12 heteroatoms. The predicted molar refractivity (Wildman–Crippen MR) is 109 cm³/mol. The molecule has 0 aromatic rings. The van der Waals surface area contributed by atoms with Crippen LogP contribution in [0.3, 0.4) is 0 Å². The zero-order chi connectivity index (χ0) is 22.7. The van der Waals surface area contributed by atoms with E-state index in [9.17, 15) is 14.3 Å². The summed E-state index contributed by atoms with van der Waals surface area (Å²) in [6.07, 6.45) is -1.92. The van der Waals surface area contributed by atoms with E-state index in [-0.39, 0.29) is 37.9 Å². The molecule has 0 amide bonds. The highest BCUT2D eigenvalue weighted by atomic mass is 31.2. The number of carbonyl (C=O) groups excluding carboxylic acids is 1. The van der Waals surface area contributed by atoms with E-state index in [0.717, 1.165) is 0 Å². The van der Waals surface area contributed by atoms with Gasteiger partial charge in [0.15, 0.2) is 11.4 Å². The first kappa shape index (κ1) is 26.0. The summed E-state index contributed by atoms with van der Waals surface area (Å²) in [7, 11) is 7.06. The first-order chi connectivity index (χ1) is 13.8. The molecule has 1 N–H and O–H groups in total. The monoisotopic (exact) mass is 444 g/mol. The summed E-state index contributed by atoms with van der Waals surface area (Å²) >= 11 is 0. The smallest absolute Gasteiger partial charge is 0.380 e. The van der Waals surface area contributed by atoms with Gasteiger partial charge in [-0.3, -0.25) is 13.8 Å². The van der Waals surface area contributed by atoms with Crippen LogP contribution in [0.25, 0.3) is 0 Å². The summed E-state index contributed by atoms with van der Waals surface area (Å²) in [5.74, 6) is -0.420. The second kappa shape index (κ2) is 10.6. The molecule has 168 valence electrons. The molecule has 2 fully saturated rings. The molecule has 0 saturated carbocycles. The Morgan fingerprint density at radius 3 is 2.43 bits per heavy atom. The molecule has 4 radical (unpaired) electrons. The molecule has 2 heterocycles. The Kier molecular flexibility index (Phi) is 9.17. The Morgan fingerprint density at radius 2 is 1.87 bits per heavy atom. The highest BCUT2D eigenvalue weighted by Gasteiger charge is 2.54. The van der Waals surface area contributed by atoms with Crippen LogP contribution in [0.4, 0.5) is 0 Å². The fourth-order valence-electron chi connectivity index (χ4n) is 3.50. The molecule has 7 atom stereocenters. The molecule has 9 nitrogen and oxygen atoms in total. The molecule has 0 aromatic carbocycles. The van der Waals surface area contributed by atoms with Crippen molar-refractivity contribution < 1.29 is 42.2 Å². The largest absolute Gasteiger partial charge is 0.472 e. The summed E-state index contributed by atoms with van der Waals surface area (Å²) < 4.78 is 45.5. The van der Waals surface area contributed by atoms with Gasteiger partial charge in [0, 0.05) is 12.0 Å². The van der Waals surface area contributed by atoms with Crippen LogP contribution in [0, 0.1) is 0 Å². The van der Waals surface area contributed by atoms with Crippen molar-refractivity contribution in [3.8, 4) is 0 Å². The molecule has 2 aliphatic heterocycles. The first-order valence-electron chi connectivity index (χ1n) is 10.1. The van der Waals surface area contributed by atoms with E-state index in [4.69, 9.17) is 43.7 Å². The lowest BCUT2D eigenvalue weighted by molar-refractivity contribution is -0.159. The summed E-state index contributed by atoms with van der Waals surface area (Å²) in [4.78, 5) is 22.6. The fraction of sp³-hybridized carbons (Fsp3) is 0.944. The minimum absolute atomic E-state index is 0.0266. The Hall–Kier alpha value is -0.250. The Morgan fingerprint density at radius 1 is 1.20 bits per heavy atom. The van der Waals surface area contributed by atoms with Crippen LogP contribution in [0.1, 0.15) is 47.5 Å². The predicted octanol–water partition coefficient (Wildman–Crippen LogP) is 1.23. The highest BCUT2D eigenvalue weighted by Crippen LogP contribution is 2.50. The van der Waals surface area contributed by atoms with Crippen molar-refractivity contribution in [1.29, 1.82) is 0 Å². The number of ether oxygens (including phenoxy) is 4. The third-order valence-corrected chi connectivity index (χ3v) is 5.89. The van der Waals surface area contributed by atoms with Crippen LogP contribution in [-0.4, -0.2) is 87.7 Å². The van der Waals surface area contributed by atoms with Crippen molar-refractivity contribution in [2.24, 2.45) is 0 Å². The first-order valence-corrected chi connectivity index (χ1v) is 11.6. The van der Waals surface area contributed by atoms with Gasteiger partial charge in [-0.1, -0.05) is 0 Å². The molecule has 2 saturated heterocycles. The van der Waals surface area contributed by atoms with Gasteiger partial charge >= 0.3 is 7.82 Å². The minimum Gasteiger partial charge on any atom is -0.380 e. The van der Waals surface area contributed by atoms with E-state index in [1.165, 1.54) is 6.92 Å². The number of hydrogen-bond donors (Lipinski definition) is 1. The van der Waals surface area contributed by atoms with Crippen molar-refractivity contribution in [3.05, 3.63) is 0 Å². The molecule has 2 aliphatic rings. The van der Waals surface area contributed by atoms with E-state index in [1.54, 1.807) is 13.8 Å². The Labute approximate surface area is 180 Å². The van der Waals surface area contributed by atoms with Gasteiger partial charge in [0.05, 0.1) is 31.5 Å². The highest BCUT2D eigenvalue weighted by molar-refractivity contribution is 7.47. The van der Waals surface area contributed by atoms with Crippen molar-refractivity contribution >= 4 is 29.3 Å². The molecule has 0 spiro atoms. The van der Waals surface area contributed by atoms with Crippen molar-refractivity contribution in [1.82, 2.24) is 0 Å². The van der Waals surface area contributed by atoms with E-state index in [0.29, 0.717) is 6.42 Å². The number of hydrogen-bond acceptors (Lipinski definition) is 8. The third kappa shape index (κ3) is 6.87. The van der Waals surface area contributed by atoms with E-state index in [1.807, 2.05) is 13.8 Å². The Balaban J connectivity index is 2.04. The molecule has 0 aromatic heterocycles. The number of carbonyl (C=O) groups is 1. The van der Waals surface area contributed by atoms with E-state index < -0.39 is 43.4 Å². The van der Waals surface area contributed by atoms with Gasteiger partial charge in [-0.15, -0.1) is 0 Å². The van der Waals surface area contributed by atoms with Crippen LogP contribution in [0.2, 0.25) is 0 Å². The lowest BCUT2D eigenvalue weighted by Crippen LogP contribution is -2.51. The molecule has 2 rings (SSSR count). The molecular formula is C18H31B2O9P. The van der Waals surface area contributed by atoms with Gasteiger partial charge in [0.25, 0.3) is 0 Å². The van der Waals surface area contributed by atoms with Gasteiger partial charge in [0.1, 0.15) is 27.9 Å². The standard InChI is InChI=1S/C18H31B2O9P/c1-10(2)24-9-18(12(5)21)15(7-17(20)28-18)29-30(22,23)25-8-14-13(26-11(3)4)6-16(19)27-14/h10-11,13-17H,6-9H2,1-5H3,(H,22,23). The second-order valence-electron chi connectivity index (χ2n) is 8.23. The van der Waals surface area contributed by atoms with Crippen molar-refractivity contribution in [2.45, 2.75) is 95.6 Å². The number of ketones is 1. The average Bonchev–Trinajstić information content (AvgIpc) is 3.10. The fourth-order valence-corrected chi connectivity index (χ4v) is 4.47. The van der Waals surface area contributed by atoms with Crippen molar-refractivity contribution in [3.63, 3.8) is 0 Å². The maximum atomic E-state index is 12.6. The maximum Gasteiger partial charge on any atom is 0.472 e. The number of phosphoric ester groups is 1. The number of rotatable bonds is 11. The molecule has 0 aliphatic carbocycles. The summed E-state index contributed by atoms with van der Waals surface area (Å²) in [6.45, 7) is 8.18. The molecular weight excluding hydrogens is 413 g/mol. The third-order valence-electron chi connectivity index (χ3n) is 4.89. The Bertz CT molecular complexity index is 635. The zero-order valence-electron chi connectivity index (χ0n) is 18.2. The quantitative estimate of drug-likeness (QED) is 0.372. The van der Waals surface area contributed by atoms with Gasteiger partial charge in [-0.05, 0) is 47.5 Å². The maximum absolute atomic E-state index is 12.6. The van der Waals surface area contributed by atoms with Crippen molar-refractivity contribution in [2.75, 3.05) is 13.2 Å². The topological polar surface area (TPSA) is 110 Å². The van der Waals surface area contributed by atoms with Crippen LogP contribution >= 0.6 is 7.82 Å². The zero-order valence-corrected chi connectivity index (χ0v) is 19.1. The molecule has 30 heavy (non-hydrogen) atoms. The van der Waals surface area contributed by atoms with E-state index in [2.05, 4.69) is 0 Å².